The quantitative estimate of drug-likeness (QED) is 0.557. The first-order chi connectivity index (χ1) is 13.1. The normalized spacial score (nSPS) is 10.7. The molecule has 0 atom stereocenters. The zero-order valence-electron chi connectivity index (χ0n) is 15.0. The second-order valence-electron chi connectivity index (χ2n) is 6.04. The molecule has 0 saturated heterocycles. The Hall–Kier alpha value is -2.31. The molecule has 1 aromatic heterocycles. The molecule has 5 nitrogen and oxygen atoms in total. The minimum Gasteiger partial charge on any atom is -0.355 e. The maximum atomic E-state index is 12.0. The number of carbonyl (C=O) groups is 1. The maximum Gasteiger partial charge on any atom is 0.230 e. The van der Waals surface area contributed by atoms with Gasteiger partial charge >= 0.3 is 0 Å². The molecule has 2 aromatic carbocycles. The van der Waals surface area contributed by atoms with Crippen molar-refractivity contribution in [3.63, 3.8) is 0 Å². The van der Waals surface area contributed by atoms with Gasteiger partial charge in [-0.25, -0.2) is 4.98 Å². The average Bonchev–Trinajstić information content (AvgIpc) is 3.16. The summed E-state index contributed by atoms with van der Waals surface area (Å²) in [6.07, 6.45) is 1.75. The summed E-state index contributed by atoms with van der Waals surface area (Å²) >= 11 is 7.27. The Morgan fingerprint density at radius 3 is 2.74 bits per heavy atom. The smallest absolute Gasteiger partial charge is 0.230 e. The minimum atomic E-state index is -0.0410. The predicted molar refractivity (Wildman–Crippen MR) is 110 cm³/mol. The van der Waals surface area contributed by atoms with E-state index in [0.29, 0.717) is 22.5 Å². The molecule has 0 fully saturated rings. The molecule has 0 spiro atoms. The van der Waals surface area contributed by atoms with Crippen molar-refractivity contribution in [1.82, 2.24) is 20.5 Å². The Morgan fingerprint density at radius 1 is 1.19 bits per heavy atom. The van der Waals surface area contributed by atoms with Crippen LogP contribution in [0.1, 0.15) is 18.1 Å². The third-order valence-electron chi connectivity index (χ3n) is 4.06. The van der Waals surface area contributed by atoms with Crippen molar-refractivity contribution >= 4 is 29.3 Å². The third-order valence-corrected chi connectivity index (χ3v) is 5.14. The lowest BCUT2D eigenvalue weighted by atomic mass is 10.1. The van der Waals surface area contributed by atoms with Crippen LogP contribution in [0.15, 0.2) is 53.7 Å². The first-order valence-electron chi connectivity index (χ1n) is 8.79. The fraction of sp³-hybridized carbons (Fsp3) is 0.250. The molecule has 0 radical (unpaired) electrons. The summed E-state index contributed by atoms with van der Waals surface area (Å²) in [4.78, 5) is 16.4. The molecule has 0 aliphatic heterocycles. The number of halogens is 1. The summed E-state index contributed by atoms with van der Waals surface area (Å²) in [6, 6.07) is 15.9. The molecule has 1 heterocycles. The SMILES string of the molecule is CCc1ccc(-c2nc(SCC(=O)NCCc3cccc(Cl)c3)n[nH]2)cc1. The number of nitrogens with one attached hydrogen (secondary N) is 2. The molecule has 27 heavy (non-hydrogen) atoms. The lowest BCUT2D eigenvalue weighted by Gasteiger charge is -2.04. The summed E-state index contributed by atoms with van der Waals surface area (Å²) < 4.78 is 0. The van der Waals surface area contributed by atoms with Gasteiger partial charge in [-0.2, -0.15) is 0 Å². The van der Waals surface area contributed by atoms with E-state index in [4.69, 9.17) is 11.6 Å². The van der Waals surface area contributed by atoms with E-state index in [2.05, 4.69) is 39.6 Å². The van der Waals surface area contributed by atoms with E-state index in [1.807, 2.05) is 36.4 Å². The molecule has 0 bridgehead atoms. The Balaban J connectivity index is 1.44. The van der Waals surface area contributed by atoms with E-state index < -0.39 is 0 Å². The monoisotopic (exact) mass is 400 g/mol. The number of H-pyrrole nitrogens is 1. The fourth-order valence-corrected chi connectivity index (χ4v) is 3.40. The van der Waals surface area contributed by atoms with Crippen molar-refractivity contribution < 1.29 is 4.79 Å². The highest BCUT2D eigenvalue weighted by molar-refractivity contribution is 7.99. The molecule has 0 unspecified atom stereocenters. The van der Waals surface area contributed by atoms with Crippen LogP contribution < -0.4 is 5.32 Å². The summed E-state index contributed by atoms with van der Waals surface area (Å²) in [5, 5.41) is 11.3. The van der Waals surface area contributed by atoms with E-state index in [1.54, 1.807) is 0 Å². The predicted octanol–water partition coefficient (Wildman–Crippen LogP) is 4.14. The Bertz CT molecular complexity index is 895. The first kappa shape index (κ1) is 19.5. The number of thioether (sulfide) groups is 1. The molecule has 2 N–H and O–H groups in total. The summed E-state index contributed by atoms with van der Waals surface area (Å²) in [5.74, 6) is 0.948. The van der Waals surface area contributed by atoms with Crippen molar-refractivity contribution in [2.75, 3.05) is 12.3 Å². The third kappa shape index (κ3) is 5.84. The molecule has 7 heteroatoms. The van der Waals surface area contributed by atoms with E-state index in [1.165, 1.54) is 17.3 Å². The summed E-state index contributed by atoms with van der Waals surface area (Å²) in [5.41, 5.74) is 3.36. The van der Waals surface area contributed by atoms with Gasteiger partial charge in [0.15, 0.2) is 5.82 Å². The van der Waals surface area contributed by atoms with Crippen LogP contribution in [0.3, 0.4) is 0 Å². The molecule has 0 aliphatic carbocycles. The largest absolute Gasteiger partial charge is 0.355 e. The second-order valence-corrected chi connectivity index (χ2v) is 7.41. The van der Waals surface area contributed by atoms with Gasteiger partial charge < -0.3 is 5.32 Å². The number of hydrogen-bond acceptors (Lipinski definition) is 4. The van der Waals surface area contributed by atoms with Gasteiger partial charge in [-0.15, -0.1) is 5.10 Å². The number of aryl methyl sites for hydroxylation is 1. The standard InChI is InChI=1S/C20H21ClN4OS/c1-2-14-6-8-16(9-7-14)19-23-20(25-24-19)27-13-18(26)22-11-10-15-4-3-5-17(21)12-15/h3-9,12H,2,10-11,13H2,1H3,(H,22,26)(H,23,24,25). The molecule has 3 rings (SSSR count). The number of nitrogens with zero attached hydrogens (tertiary/aromatic N) is 2. The van der Waals surface area contributed by atoms with Crippen LogP contribution in [0.25, 0.3) is 11.4 Å². The average molecular weight is 401 g/mol. The van der Waals surface area contributed by atoms with Crippen LogP contribution in [-0.4, -0.2) is 33.4 Å². The van der Waals surface area contributed by atoms with Crippen LogP contribution in [-0.2, 0) is 17.6 Å². The van der Waals surface area contributed by atoms with Crippen molar-refractivity contribution in [3.05, 3.63) is 64.7 Å². The number of carbonyl (C=O) groups excluding carboxylic acids is 1. The van der Waals surface area contributed by atoms with Crippen molar-refractivity contribution in [2.24, 2.45) is 0 Å². The number of amides is 1. The lowest BCUT2D eigenvalue weighted by molar-refractivity contribution is -0.118. The van der Waals surface area contributed by atoms with E-state index in [9.17, 15) is 4.79 Å². The van der Waals surface area contributed by atoms with Crippen LogP contribution in [0.2, 0.25) is 5.02 Å². The minimum absolute atomic E-state index is 0.0410. The molecule has 0 aliphatic rings. The molecule has 1 amide bonds. The Morgan fingerprint density at radius 2 is 2.00 bits per heavy atom. The van der Waals surface area contributed by atoms with Gasteiger partial charge in [-0.05, 0) is 36.1 Å². The molecule has 3 aromatic rings. The Kier molecular flexibility index (Phi) is 6.90. The van der Waals surface area contributed by atoms with Gasteiger partial charge in [-0.1, -0.05) is 66.7 Å². The number of benzene rings is 2. The number of aromatic nitrogens is 3. The maximum absolute atomic E-state index is 12.0. The van der Waals surface area contributed by atoms with Gasteiger partial charge in [0, 0.05) is 17.1 Å². The number of rotatable bonds is 8. The van der Waals surface area contributed by atoms with E-state index in [-0.39, 0.29) is 11.7 Å². The van der Waals surface area contributed by atoms with Gasteiger partial charge in [0.25, 0.3) is 0 Å². The van der Waals surface area contributed by atoms with Gasteiger partial charge in [0.2, 0.25) is 11.1 Å². The highest BCUT2D eigenvalue weighted by Crippen LogP contribution is 2.19. The highest BCUT2D eigenvalue weighted by Gasteiger charge is 2.09. The van der Waals surface area contributed by atoms with Crippen LogP contribution in [0.4, 0.5) is 0 Å². The van der Waals surface area contributed by atoms with Gasteiger partial charge in [-0.3, -0.25) is 9.89 Å². The lowest BCUT2D eigenvalue weighted by Crippen LogP contribution is -2.27. The Labute approximate surface area is 167 Å². The zero-order chi connectivity index (χ0) is 19.1. The van der Waals surface area contributed by atoms with Gasteiger partial charge in [0.1, 0.15) is 0 Å². The van der Waals surface area contributed by atoms with Crippen molar-refractivity contribution in [1.29, 1.82) is 0 Å². The van der Waals surface area contributed by atoms with Crippen molar-refractivity contribution in [3.8, 4) is 11.4 Å². The van der Waals surface area contributed by atoms with Crippen LogP contribution in [0.5, 0.6) is 0 Å². The van der Waals surface area contributed by atoms with E-state index in [0.717, 1.165) is 24.0 Å². The number of hydrogen-bond donors (Lipinski definition) is 2. The van der Waals surface area contributed by atoms with Crippen LogP contribution >= 0.6 is 23.4 Å². The highest BCUT2D eigenvalue weighted by atomic mass is 35.5. The summed E-state index contributed by atoms with van der Waals surface area (Å²) in [6.45, 7) is 2.70. The van der Waals surface area contributed by atoms with E-state index >= 15 is 0 Å². The second kappa shape index (κ2) is 9.58. The molecule has 140 valence electrons. The topological polar surface area (TPSA) is 70.7 Å². The van der Waals surface area contributed by atoms with Crippen LogP contribution in [0, 0.1) is 0 Å². The van der Waals surface area contributed by atoms with Crippen molar-refractivity contribution in [2.45, 2.75) is 24.9 Å². The number of aromatic amines is 1. The van der Waals surface area contributed by atoms with Gasteiger partial charge in [0.05, 0.1) is 5.75 Å². The summed E-state index contributed by atoms with van der Waals surface area (Å²) in [7, 11) is 0. The fourth-order valence-electron chi connectivity index (χ4n) is 2.56. The molecular formula is C20H21ClN4OS. The molecule has 0 saturated carbocycles. The zero-order valence-corrected chi connectivity index (χ0v) is 16.6. The molecular weight excluding hydrogens is 380 g/mol. The first-order valence-corrected chi connectivity index (χ1v) is 10.2.